The van der Waals surface area contributed by atoms with E-state index in [1.165, 1.54) is 0 Å². The third-order valence-electron chi connectivity index (χ3n) is 3.95. The minimum atomic E-state index is -1.67. The van der Waals surface area contributed by atoms with Crippen LogP contribution in [0.5, 0.6) is 5.75 Å². The van der Waals surface area contributed by atoms with Gasteiger partial charge in [0, 0.05) is 0 Å². The molecule has 0 aliphatic carbocycles. The van der Waals surface area contributed by atoms with Crippen molar-refractivity contribution in [2.75, 3.05) is 13.4 Å². The summed E-state index contributed by atoms with van der Waals surface area (Å²) in [6, 6.07) is 5.27. The minimum absolute atomic E-state index is 0.173. The molecular weight excluding hydrogens is 280 g/mol. The van der Waals surface area contributed by atoms with Crippen LogP contribution in [-0.2, 0) is 15.3 Å². The topological polar surface area (TPSA) is 109 Å². The summed E-state index contributed by atoms with van der Waals surface area (Å²) >= 11 is 0. The molecule has 0 amide bonds. The van der Waals surface area contributed by atoms with Crippen LogP contribution < -0.4 is 4.74 Å². The molecule has 7 nitrogen and oxygen atoms in total. The van der Waals surface area contributed by atoms with Gasteiger partial charge in [-0.2, -0.15) is 0 Å². The van der Waals surface area contributed by atoms with Crippen LogP contribution in [0.4, 0.5) is 0 Å². The van der Waals surface area contributed by atoms with E-state index >= 15 is 0 Å². The summed E-state index contributed by atoms with van der Waals surface area (Å²) in [7, 11) is 0. The Balaban J connectivity index is 2.10. The summed E-state index contributed by atoms with van der Waals surface area (Å²) in [4.78, 5) is 0. The molecule has 0 saturated carbocycles. The average molecular weight is 298 g/mol. The first-order chi connectivity index (χ1) is 9.99. The van der Waals surface area contributed by atoms with E-state index in [-0.39, 0.29) is 6.79 Å². The number of hydrogen-bond acceptors (Lipinski definition) is 7. The second-order valence-corrected chi connectivity index (χ2v) is 5.34. The zero-order chi connectivity index (χ0) is 15.2. The fourth-order valence-electron chi connectivity index (χ4n) is 2.78. The first-order valence-corrected chi connectivity index (χ1v) is 6.70. The molecule has 1 aromatic rings. The van der Waals surface area contributed by atoms with Gasteiger partial charge < -0.3 is 34.6 Å². The highest BCUT2D eigenvalue weighted by atomic mass is 16.8. The van der Waals surface area contributed by atoms with Gasteiger partial charge in [-0.25, -0.2) is 0 Å². The Morgan fingerprint density at radius 1 is 1.24 bits per heavy atom. The number of hydrogen-bond donors (Lipinski definition) is 4. The van der Waals surface area contributed by atoms with E-state index in [1.54, 1.807) is 12.1 Å². The maximum atomic E-state index is 10.4. The predicted octanol–water partition coefficient (Wildman–Crippen LogP) is -1.01. The second kappa shape index (κ2) is 5.20. The smallest absolute Gasteiger partial charge is 0.231 e. The summed E-state index contributed by atoms with van der Waals surface area (Å²) in [6.07, 6.45) is -5.51. The van der Waals surface area contributed by atoms with Gasteiger partial charge >= 0.3 is 0 Å². The molecular formula is C14H18O7. The van der Waals surface area contributed by atoms with Crippen molar-refractivity contribution < 1.29 is 34.6 Å². The molecule has 21 heavy (non-hydrogen) atoms. The Morgan fingerprint density at radius 2 is 2.00 bits per heavy atom. The van der Waals surface area contributed by atoms with Crippen LogP contribution in [-0.4, -0.2) is 58.2 Å². The molecule has 116 valence electrons. The summed E-state index contributed by atoms with van der Waals surface area (Å²) < 4.78 is 16.5. The molecule has 1 saturated heterocycles. The number of aliphatic hydroxyl groups excluding tert-OH is 4. The number of ether oxygens (including phenoxy) is 3. The second-order valence-electron chi connectivity index (χ2n) is 5.34. The van der Waals surface area contributed by atoms with Crippen LogP contribution in [0.2, 0.25) is 0 Å². The minimum Gasteiger partial charge on any atom is -0.467 e. The molecule has 0 unspecified atom stereocenters. The third-order valence-corrected chi connectivity index (χ3v) is 3.95. The molecule has 2 aliphatic heterocycles. The van der Waals surface area contributed by atoms with E-state index in [0.717, 1.165) is 5.56 Å². The lowest BCUT2D eigenvalue weighted by Crippen LogP contribution is -2.65. The van der Waals surface area contributed by atoms with Gasteiger partial charge in [0.2, 0.25) is 5.79 Å². The van der Waals surface area contributed by atoms with Crippen LogP contribution in [0.1, 0.15) is 11.1 Å². The van der Waals surface area contributed by atoms with Crippen LogP contribution in [0.3, 0.4) is 0 Å². The van der Waals surface area contributed by atoms with Crippen molar-refractivity contribution in [3.63, 3.8) is 0 Å². The molecule has 1 aromatic carbocycles. The standard InChI is InChI=1S/C14H18O7/c1-7-2-3-9-8(4-7)14(20-6-19-9)13(18)12(17)11(16)10(5-15)21-14/h2-4,10-13,15-18H,5-6H2,1H3/t10-,11-,12+,13-,14+/m1/s1. The van der Waals surface area contributed by atoms with Crippen LogP contribution in [0.25, 0.3) is 0 Å². The molecule has 1 spiro atoms. The Kier molecular flexibility index (Phi) is 3.64. The lowest BCUT2D eigenvalue weighted by atomic mass is 9.86. The van der Waals surface area contributed by atoms with Crippen molar-refractivity contribution in [2.45, 2.75) is 37.1 Å². The van der Waals surface area contributed by atoms with Crippen molar-refractivity contribution in [2.24, 2.45) is 0 Å². The summed E-state index contributed by atoms with van der Waals surface area (Å²) in [5.41, 5.74) is 1.31. The summed E-state index contributed by atoms with van der Waals surface area (Å²) in [6.45, 7) is 1.17. The van der Waals surface area contributed by atoms with Gasteiger partial charge in [0.05, 0.1) is 12.2 Å². The number of benzene rings is 1. The predicted molar refractivity (Wildman–Crippen MR) is 69.4 cm³/mol. The average Bonchev–Trinajstić information content (AvgIpc) is 2.49. The zero-order valence-corrected chi connectivity index (χ0v) is 11.5. The first-order valence-electron chi connectivity index (χ1n) is 6.70. The van der Waals surface area contributed by atoms with Gasteiger partial charge in [-0.15, -0.1) is 0 Å². The highest BCUT2D eigenvalue weighted by molar-refractivity contribution is 5.42. The zero-order valence-electron chi connectivity index (χ0n) is 11.5. The van der Waals surface area contributed by atoms with Crippen molar-refractivity contribution in [3.05, 3.63) is 29.3 Å². The first kappa shape index (κ1) is 14.7. The Bertz CT molecular complexity index is 532. The highest BCUT2D eigenvalue weighted by Gasteiger charge is 2.57. The van der Waals surface area contributed by atoms with Gasteiger partial charge in [-0.05, 0) is 19.1 Å². The molecule has 3 rings (SSSR count). The van der Waals surface area contributed by atoms with Crippen molar-refractivity contribution in [1.82, 2.24) is 0 Å². The highest BCUT2D eigenvalue weighted by Crippen LogP contribution is 2.45. The monoisotopic (exact) mass is 298 g/mol. The van der Waals surface area contributed by atoms with E-state index in [2.05, 4.69) is 0 Å². The van der Waals surface area contributed by atoms with Gasteiger partial charge in [0.25, 0.3) is 0 Å². The number of fused-ring (bicyclic) bond motifs is 2. The number of aliphatic hydroxyl groups is 4. The van der Waals surface area contributed by atoms with E-state index in [1.807, 2.05) is 13.0 Å². The third kappa shape index (κ3) is 2.13. The lowest BCUT2D eigenvalue weighted by molar-refractivity contribution is -0.389. The van der Waals surface area contributed by atoms with Gasteiger partial charge in [0.15, 0.2) is 6.79 Å². The van der Waals surface area contributed by atoms with Crippen molar-refractivity contribution in [3.8, 4) is 5.75 Å². The van der Waals surface area contributed by atoms with Crippen molar-refractivity contribution >= 4 is 0 Å². The quantitative estimate of drug-likeness (QED) is 0.526. The molecule has 2 heterocycles. The Hall–Kier alpha value is -1.22. The fourth-order valence-corrected chi connectivity index (χ4v) is 2.78. The molecule has 1 fully saturated rings. The molecule has 4 N–H and O–H groups in total. The van der Waals surface area contributed by atoms with E-state index < -0.39 is 36.8 Å². The normalized spacial score (nSPS) is 38.9. The van der Waals surface area contributed by atoms with E-state index in [9.17, 15) is 20.4 Å². The van der Waals surface area contributed by atoms with Crippen LogP contribution >= 0.6 is 0 Å². The molecule has 0 radical (unpaired) electrons. The van der Waals surface area contributed by atoms with Gasteiger partial charge in [-0.3, -0.25) is 0 Å². The molecule has 0 aromatic heterocycles. The van der Waals surface area contributed by atoms with Crippen molar-refractivity contribution in [1.29, 1.82) is 0 Å². The van der Waals surface area contributed by atoms with Gasteiger partial charge in [-0.1, -0.05) is 11.6 Å². The molecule has 7 heteroatoms. The molecule has 0 bridgehead atoms. The summed E-state index contributed by atoms with van der Waals surface area (Å²) in [5, 5.41) is 39.6. The number of rotatable bonds is 1. The Labute approximate surface area is 121 Å². The molecule has 2 aliphatic rings. The lowest BCUT2D eigenvalue weighted by Gasteiger charge is -2.49. The maximum absolute atomic E-state index is 10.4. The molecule has 5 atom stereocenters. The number of aryl methyl sites for hydroxylation is 1. The summed E-state index contributed by atoms with van der Waals surface area (Å²) in [5.74, 6) is -1.21. The maximum Gasteiger partial charge on any atom is 0.231 e. The van der Waals surface area contributed by atoms with Crippen LogP contribution in [0, 0.1) is 6.92 Å². The SMILES string of the molecule is Cc1ccc2c(c1)[C@]1(OCO2)O[C@H](CO)[C@@H](O)[C@H](O)[C@H]1O. The van der Waals surface area contributed by atoms with Crippen LogP contribution in [0.15, 0.2) is 18.2 Å². The van der Waals surface area contributed by atoms with E-state index in [0.29, 0.717) is 11.3 Å². The largest absolute Gasteiger partial charge is 0.467 e. The van der Waals surface area contributed by atoms with Gasteiger partial charge in [0.1, 0.15) is 30.2 Å². The van der Waals surface area contributed by atoms with E-state index in [4.69, 9.17) is 14.2 Å². The fraction of sp³-hybridized carbons (Fsp3) is 0.571. The Morgan fingerprint density at radius 3 is 2.71 bits per heavy atom.